The predicted octanol–water partition coefficient (Wildman–Crippen LogP) is 2.23. The number of ether oxygens (including phenoxy) is 3. The van der Waals surface area contributed by atoms with Gasteiger partial charge in [0, 0.05) is 6.54 Å². The van der Waals surface area contributed by atoms with Gasteiger partial charge in [-0.3, -0.25) is 0 Å². The Bertz CT molecular complexity index is 366. The number of hydrogen-bond donors (Lipinski definition) is 1. The van der Waals surface area contributed by atoms with Gasteiger partial charge in [0.2, 0.25) is 0 Å². The third-order valence-corrected chi connectivity index (χ3v) is 3.31. The molecular weight excluding hydrogens is 242 g/mol. The van der Waals surface area contributed by atoms with E-state index in [0.717, 1.165) is 37.4 Å². The van der Waals surface area contributed by atoms with Crippen molar-refractivity contribution in [3.05, 3.63) is 24.3 Å². The van der Waals surface area contributed by atoms with Gasteiger partial charge in [-0.1, -0.05) is 6.92 Å². The molecule has 106 valence electrons. The van der Waals surface area contributed by atoms with Crippen LogP contribution in [0.2, 0.25) is 0 Å². The minimum absolute atomic E-state index is 0.214. The van der Waals surface area contributed by atoms with Crippen LogP contribution in [-0.4, -0.2) is 39.0 Å². The van der Waals surface area contributed by atoms with Gasteiger partial charge in [0.25, 0.3) is 0 Å². The molecule has 2 atom stereocenters. The molecule has 0 spiro atoms. The Morgan fingerprint density at radius 1 is 1.16 bits per heavy atom. The summed E-state index contributed by atoms with van der Waals surface area (Å²) >= 11 is 0. The van der Waals surface area contributed by atoms with Gasteiger partial charge < -0.3 is 19.5 Å². The van der Waals surface area contributed by atoms with Gasteiger partial charge in [0.05, 0.1) is 19.3 Å². The number of rotatable bonds is 7. The highest BCUT2D eigenvalue weighted by molar-refractivity contribution is 5.31. The van der Waals surface area contributed by atoms with Gasteiger partial charge in [-0.05, 0) is 43.7 Å². The Kier molecular flexibility index (Phi) is 5.48. The minimum atomic E-state index is 0.214. The zero-order chi connectivity index (χ0) is 13.5. The van der Waals surface area contributed by atoms with E-state index >= 15 is 0 Å². The SMILES string of the molecule is CCNCC1CCC(COc2ccc(OC)cc2)O1. The zero-order valence-corrected chi connectivity index (χ0v) is 11.7. The van der Waals surface area contributed by atoms with E-state index in [4.69, 9.17) is 14.2 Å². The van der Waals surface area contributed by atoms with E-state index in [1.165, 1.54) is 0 Å². The molecule has 0 aliphatic carbocycles. The highest BCUT2D eigenvalue weighted by atomic mass is 16.5. The van der Waals surface area contributed by atoms with E-state index in [-0.39, 0.29) is 6.10 Å². The van der Waals surface area contributed by atoms with Crippen LogP contribution in [0.25, 0.3) is 0 Å². The molecule has 1 aromatic rings. The maximum atomic E-state index is 5.92. The molecule has 1 aliphatic rings. The largest absolute Gasteiger partial charge is 0.497 e. The van der Waals surface area contributed by atoms with E-state index in [2.05, 4.69) is 12.2 Å². The van der Waals surface area contributed by atoms with Crippen LogP contribution in [-0.2, 0) is 4.74 Å². The van der Waals surface area contributed by atoms with Crippen molar-refractivity contribution in [3.63, 3.8) is 0 Å². The second-order valence-corrected chi connectivity index (χ2v) is 4.75. The lowest BCUT2D eigenvalue weighted by atomic mass is 10.2. The zero-order valence-electron chi connectivity index (χ0n) is 11.7. The number of methoxy groups -OCH3 is 1. The Balaban J connectivity index is 1.70. The van der Waals surface area contributed by atoms with E-state index in [9.17, 15) is 0 Å². The quantitative estimate of drug-likeness (QED) is 0.820. The second-order valence-electron chi connectivity index (χ2n) is 4.75. The van der Waals surface area contributed by atoms with Crippen LogP contribution in [0.4, 0.5) is 0 Å². The third-order valence-electron chi connectivity index (χ3n) is 3.31. The molecular formula is C15H23NO3. The molecule has 0 amide bonds. The monoisotopic (exact) mass is 265 g/mol. The molecule has 1 N–H and O–H groups in total. The number of likely N-dealkylation sites (N-methyl/N-ethyl adjacent to an activating group) is 1. The molecule has 0 aromatic heterocycles. The molecule has 1 saturated heterocycles. The Hall–Kier alpha value is -1.26. The summed E-state index contributed by atoms with van der Waals surface area (Å²) in [6.45, 7) is 4.66. The van der Waals surface area contributed by atoms with Crippen LogP contribution in [0.5, 0.6) is 11.5 Å². The summed E-state index contributed by atoms with van der Waals surface area (Å²) in [6.07, 6.45) is 2.74. The molecule has 0 saturated carbocycles. The molecule has 1 aliphatic heterocycles. The summed E-state index contributed by atoms with van der Waals surface area (Å²) in [7, 11) is 1.66. The van der Waals surface area contributed by atoms with Crippen LogP contribution in [0, 0.1) is 0 Å². The van der Waals surface area contributed by atoms with Crippen molar-refractivity contribution in [3.8, 4) is 11.5 Å². The number of nitrogens with one attached hydrogen (secondary N) is 1. The van der Waals surface area contributed by atoms with Crippen LogP contribution in [0.1, 0.15) is 19.8 Å². The fourth-order valence-electron chi connectivity index (χ4n) is 2.22. The molecule has 19 heavy (non-hydrogen) atoms. The molecule has 2 rings (SSSR count). The van der Waals surface area contributed by atoms with Crippen molar-refractivity contribution >= 4 is 0 Å². The summed E-state index contributed by atoms with van der Waals surface area (Å²) in [5, 5.41) is 3.32. The minimum Gasteiger partial charge on any atom is -0.497 e. The van der Waals surface area contributed by atoms with E-state index < -0.39 is 0 Å². The van der Waals surface area contributed by atoms with Crippen molar-refractivity contribution < 1.29 is 14.2 Å². The van der Waals surface area contributed by atoms with Crippen molar-refractivity contribution in [1.82, 2.24) is 5.32 Å². The first-order valence-electron chi connectivity index (χ1n) is 6.95. The van der Waals surface area contributed by atoms with Crippen LogP contribution in [0.3, 0.4) is 0 Å². The Labute approximate surface area is 115 Å². The first-order chi connectivity index (χ1) is 9.31. The Morgan fingerprint density at radius 3 is 2.53 bits per heavy atom. The fourth-order valence-corrected chi connectivity index (χ4v) is 2.22. The molecule has 2 unspecified atom stereocenters. The van der Waals surface area contributed by atoms with Crippen LogP contribution < -0.4 is 14.8 Å². The lowest BCUT2D eigenvalue weighted by Crippen LogP contribution is -2.28. The van der Waals surface area contributed by atoms with E-state index in [1.54, 1.807) is 7.11 Å². The highest BCUT2D eigenvalue weighted by Crippen LogP contribution is 2.22. The summed E-state index contributed by atoms with van der Waals surface area (Å²) in [4.78, 5) is 0. The average Bonchev–Trinajstić information content (AvgIpc) is 2.91. The smallest absolute Gasteiger partial charge is 0.119 e. The maximum Gasteiger partial charge on any atom is 0.119 e. The van der Waals surface area contributed by atoms with Gasteiger partial charge in [0.1, 0.15) is 18.1 Å². The van der Waals surface area contributed by atoms with Gasteiger partial charge in [-0.25, -0.2) is 0 Å². The van der Waals surface area contributed by atoms with Crippen molar-refractivity contribution in [2.24, 2.45) is 0 Å². The van der Waals surface area contributed by atoms with Crippen molar-refractivity contribution in [2.75, 3.05) is 26.8 Å². The highest BCUT2D eigenvalue weighted by Gasteiger charge is 2.25. The fraction of sp³-hybridized carbons (Fsp3) is 0.600. The van der Waals surface area contributed by atoms with Crippen molar-refractivity contribution in [1.29, 1.82) is 0 Å². The number of hydrogen-bond acceptors (Lipinski definition) is 4. The summed E-state index contributed by atoms with van der Waals surface area (Å²) < 4.78 is 16.8. The lowest BCUT2D eigenvalue weighted by molar-refractivity contribution is 0.0188. The first-order valence-corrected chi connectivity index (χ1v) is 6.95. The van der Waals surface area contributed by atoms with E-state index in [1.807, 2.05) is 24.3 Å². The Morgan fingerprint density at radius 2 is 1.84 bits per heavy atom. The van der Waals surface area contributed by atoms with Gasteiger partial charge in [-0.15, -0.1) is 0 Å². The van der Waals surface area contributed by atoms with Crippen LogP contribution >= 0.6 is 0 Å². The van der Waals surface area contributed by atoms with Crippen LogP contribution in [0.15, 0.2) is 24.3 Å². The molecule has 1 fully saturated rings. The van der Waals surface area contributed by atoms with Gasteiger partial charge in [0.15, 0.2) is 0 Å². The normalized spacial score (nSPS) is 22.4. The maximum absolute atomic E-state index is 5.92. The summed E-state index contributed by atoms with van der Waals surface area (Å²) in [5.41, 5.74) is 0. The molecule has 4 nitrogen and oxygen atoms in total. The summed E-state index contributed by atoms with van der Waals surface area (Å²) in [5.74, 6) is 1.70. The lowest BCUT2D eigenvalue weighted by Gasteiger charge is -2.15. The van der Waals surface area contributed by atoms with Crippen molar-refractivity contribution in [2.45, 2.75) is 32.0 Å². The second kappa shape index (κ2) is 7.36. The molecule has 1 heterocycles. The predicted molar refractivity (Wildman–Crippen MR) is 74.9 cm³/mol. The molecule has 0 bridgehead atoms. The standard InChI is InChI=1S/C15H23NO3/c1-3-16-10-14-8-9-15(19-14)11-18-13-6-4-12(17-2)5-7-13/h4-7,14-16H,3,8-11H2,1-2H3. The summed E-state index contributed by atoms with van der Waals surface area (Å²) in [6, 6.07) is 7.64. The molecule has 0 radical (unpaired) electrons. The van der Waals surface area contributed by atoms with E-state index in [0.29, 0.717) is 12.7 Å². The topological polar surface area (TPSA) is 39.7 Å². The molecule has 1 aromatic carbocycles. The van der Waals surface area contributed by atoms with Gasteiger partial charge in [-0.2, -0.15) is 0 Å². The first kappa shape index (κ1) is 14.2. The number of benzene rings is 1. The third kappa shape index (κ3) is 4.40. The average molecular weight is 265 g/mol. The molecule has 4 heteroatoms. The van der Waals surface area contributed by atoms with Gasteiger partial charge >= 0.3 is 0 Å².